The van der Waals surface area contributed by atoms with E-state index in [1.807, 2.05) is 6.20 Å². The van der Waals surface area contributed by atoms with Gasteiger partial charge in [-0.1, -0.05) is 24.3 Å². The van der Waals surface area contributed by atoms with Gasteiger partial charge in [0.1, 0.15) is 5.01 Å². The number of hydrogen-bond acceptors (Lipinski definition) is 4. The molecule has 0 aliphatic rings. The number of ether oxygens (including phenoxy) is 1. The van der Waals surface area contributed by atoms with E-state index in [1.165, 1.54) is 16.0 Å². The van der Waals surface area contributed by atoms with Crippen LogP contribution in [-0.2, 0) is 24.4 Å². The van der Waals surface area contributed by atoms with Crippen molar-refractivity contribution in [3.63, 3.8) is 0 Å². The summed E-state index contributed by atoms with van der Waals surface area (Å²) in [6.07, 6.45) is 1.90. The minimum absolute atomic E-state index is 0.134. The molecule has 2 rings (SSSR count). The van der Waals surface area contributed by atoms with Gasteiger partial charge in [0.05, 0.1) is 25.3 Å². The fourth-order valence-corrected chi connectivity index (χ4v) is 3.00. The minimum atomic E-state index is -0.134. The van der Waals surface area contributed by atoms with Crippen molar-refractivity contribution in [3.8, 4) is 0 Å². The second kappa shape index (κ2) is 9.69. The van der Waals surface area contributed by atoms with Crippen LogP contribution in [-0.4, -0.2) is 23.1 Å². The van der Waals surface area contributed by atoms with Crippen LogP contribution in [0.5, 0.6) is 0 Å². The van der Waals surface area contributed by atoms with E-state index in [9.17, 15) is 0 Å². The Labute approximate surface area is 160 Å². The second-order valence-corrected chi connectivity index (χ2v) is 8.45. The van der Waals surface area contributed by atoms with Gasteiger partial charge >= 0.3 is 0 Å². The zero-order chi connectivity index (χ0) is 19.0. The van der Waals surface area contributed by atoms with Gasteiger partial charge in [-0.3, -0.25) is 0 Å². The summed E-state index contributed by atoms with van der Waals surface area (Å²) in [4.78, 5) is 10.3. The van der Waals surface area contributed by atoms with E-state index in [0.29, 0.717) is 19.7 Å². The van der Waals surface area contributed by atoms with E-state index >= 15 is 0 Å². The number of hydrogen-bond donors (Lipinski definition) is 2. The van der Waals surface area contributed by atoms with Crippen LogP contribution in [0.2, 0.25) is 0 Å². The zero-order valence-electron chi connectivity index (χ0n) is 16.4. The van der Waals surface area contributed by atoms with E-state index < -0.39 is 0 Å². The van der Waals surface area contributed by atoms with Gasteiger partial charge < -0.3 is 15.4 Å². The fourth-order valence-electron chi connectivity index (χ4n) is 2.27. The van der Waals surface area contributed by atoms with Gasteiger partial charge in [-0.25, -0.2) is 9.98 Å². The molecular weight excluding hydrogens is 344 g/mol. The third-order valence-electron chi connectivity index (χ3n) is 3.50. The van der Waals surface area contributed by atoms with Crippen molar-refractivity contribution in [2.24, 2.45) is 4.99 Å². The number of nitrogens with zero attached hydrogens (tertiary/aromatic N) is 2. The first kappa shape index (κ1) is 20.4. The van der Waals surface area contributed by atoms with Gasteiger partial charge in [-0.15, -0.1) is 11.3 Å². The molecule has 0 saturated heterocycles. The van der Waals surface area contributed by atoms with E-state index in [4.69, 9.17) is 4.74 Å². The highest BCUT2D eigenvalue weighted by Gasteiger charge is 2.10. The molecule has 0 aliphatic heterocycles. The number of rotatable bonds is 7. The number of benzene rings is 1. The smallest absolute Gasteiger partial charge is 0.191 e. The third kappa shape index (κ3) is 7.54. The number of aromatic nitrogens is 1. The maximum absolute atomic E-state index is 5.86. The lowest BCUT2D eigenvalue weighted by Crippen LogP contribution is -2.36. The van der Waals surface area contributed by atoms with Crippen LogP contribution in [0.3, 0.4) is 0 Å². The molecule has 26 heavy (non-hydrogen) atoms. The Balaban J connectivity index is 1.95. The summed E-state index contributed by atoms with van der Waals surface area (Å²) in [5.41, 5.74) is 2.20. The summed E-state index contributed by atoms with van der Waals surface area (Å²) in [5.74, 6) is 0.802. The van der Waals surface area contributed by atoms with Crippen molar-refractivity contribution in [1.82, 2.24) is 15.6 Å². The summed E-state index contributed by atoms with van der Waals surface area (Å²) >= 11 is 1.70. The molecule has 1 aromatic carbocycles. The Bertz CT molecular complexity index is 719. The number of aryl methyl sites for hydroxylation is 1. The molecule has 2 N–H and O–H groups in total. The zero-order valence-corrected chi connectivity index (χ0v) is 17.2. The molecule has 0 bridgehead atoms. The third-order valence-corrected chi connectivity index (χ3v) is 4.42. The van der Waals surface area contributed by atoms with Crippen LogP contribution in [0.15, 0.2) is 35.5 Å². The number of nitrogens with one attached hydrogen (secondary N) is 2. The topological polar surface area (TPSA) is 58.5 Å². The van der Waals surface area contributed by atoms with E-state index in [2.05, 4.69) is 79.5 Å². The predicted octanol–water partition coefficient (Wildman–Crippen LogP) is 4.02. The molecular formula is C20H30N4OS. The van der Waals surface area contributed by atoms with E-state index in [1.54, 1.807) is 11.3 Å². The molecule has 0 fully saturated rings. The van der Waals surface area contributed by atoms with Crippen molar-refractivity contribution in [2.45, 2.75) is 59.9 Å². The SMILES string of the molecule is CCNC(=NCc1cccc(COC(C)(C)C)c1)NCc1ncc(C)s1. The highest BCUT2D eigenvalue weighted by atomic mass is 32.1. The Kier molecular flexibility index (Phi) is 7.60. The monoisotopic (exact) mass is 374 g/mol. The molecule has 142 valence electrons. The average Bonchev–Trinajstić information content (AvgIpc) is 3.01. The van der Waals surface area contributed by atoms with Crippen LogP contribution in [0.1, 0.15) is 48.7 Å². The molecule has 1 heterocycles. The summed E-state index contributed by atoms with van der Waals surface area (Å²) in [6.45, 7) is 13.1. The standard InChI is InChI=1S/C20H30N4OS/c1-6-21-19(24-13-18-22-11-15(2)26-18)23-12-16-8-7-9-17(10-16)14-25-20(3,4)5/h7-11H,6,12-14H2,1-5H3,(H2,21,23,24). The number of guanidine groups is 1. The quantitative estimate of drug-likeness (QED) is 0.568. The first-order valence-corrected chi connectivity index (χ1v) is 9.82. The van der Waals surface area contributed by atoms with Crippen molar-refractivity contribution in [3.05, 3.63) is 51.5 Å². The van der Waals surface area contributed by atoms with Gasteiger partial charge in [-0.2, -0.15) is 0 Å². The largest absolute Gasteiger partial charge is 0.371 e. The molecule has 0 amide bonds. The van der Waals surface area contributed by atoms with E-state index in [-0.39, 0.29) is 5.60 Å². The average molecular weight is 375 g/mol. The molecule has 6 heteroatoms. The first-order valence-electron chi connectivity index (χ1n) is 9.01. The van der Waals surface area contributed by atoms with Crippen molar-refractivity contribution in [2.75, 3.05) is 6.54 Å². The maximum Gasteiger partial charge on any atom is 0.191 e. The number of thiazole rings is 1. The highest BCUT2D eigenvalue weighted by Crippen LogP contribution is 2.14. The first-order chi connectivity index (χ1) is 12.4. The molecule has 0 spiro atoms. The van der Waals surface area contributed by atoms with Crippen LogP contribution in [0.4, 0.5) is 0 Å². The molecule has 0 unspecified atom stereocenters. The second-order valence-electron chi connectivity index (χ2n) is 7.13. The molecule has 0 saturated carbocycles. The van der Waals surface area contributed by atoms with Crippen LogP contribution < -0.4 is 10.6 Å². The van der Waals surface area contributed by atoms with Gasteiger partial charge in [0.2, 0.25) is 0 Å². The molecule has 0 atom stereocenters. The molecule has 5 nitrogen and oxygen atoms in total. The summed E-state index contributed by atoms with van der Waals surface area (Å²) < 4.78 is 5.86. The van der Waals surface area contributed by atoms with Gasteiger partial charge in [-0.05, 0) is 45.7 Å². The van der Waals surface area contributed by atoms with Crippen molar-refractivity contribution < 1.29 is 4.74 Å². The van der Waals surface area contributed by atoms with Crippen molar-refractivity contribution >= 4 is 17.3 Å². The lowest BCUT2D eigenvalue weighted by molar-refractivity contribution is -0.0149. The minimum Gasteiger partial charge on any atom is -0.371 e. The van der Waals surface area contributed by atoms with Gasteiger partial charge in [0, 0.05) is 17.6 Å². The molecule has 1 aromatic heterocycles. The fraction of sp³-hybridized carbons (Fsp3) is 0.500. The molecule has 2 aromatic rings. The Hall–Kier alpha value is -1.92. The van der Waals surface area contributed by atoms with Gasteiger partial charge in [0.25, 0.3) is 0 Å². The van der Waals surface area contributed by atoms with Crippen LogP contribution in [0.25, 0.3) is 0 Å². The van der Waals surface area contributed by atoms with Gasteiger partial charge in [0.15, 0.2) is 5.96 Å². The van der Waals surface area contributed by atoms with Crippen LogP contribution >= 0.6 is 11.3 Å². The summed E-state index contributed by atoms with van der Waals surface area (Å²) in [7, 11) is 0. The highest BCUT2D eigenvalue weighted by molar-refractivity contribution is 7.11. The Morgan fingerprint density at radius 3 is 2.65 bits per heavy atom. The number of aliphatic imine (C=N–C) groups is 1. The Morgan fingerprint density at radius 1 is 1.23 bits per heavy atom. The van der Waals surface area contributed by atoms with Crippen LogP contribution in [0, 0.1) is 6.92 Å². The molecule has 0 radical (unpaired) electrons. The predicted molar refractivity (Wildman–Crippen MR) is 109 cm³/mol. The summed E-state index contributed by atoms with van der Waals surface area (Å²) in [5, 5.41) is 7.69. The lowest BCUT2D eigenvalue weighted by atomic mass is 10.1. The summed E-state index contributed by atoms with van der Waals surface area (Å²) in [6, 6.07) is 8.40. The Morgan fingerprint density at radius 2 is 2.00 bits per heavy atom. The lowest BCUT2D eigenvalue weighted by Gasteiger charge is -2.19. The molecule has 0 aliphatic carbocycles. The maximum atomic E-state index is 5.86. The van der Waals surface area contributed by atoms with Crippen molar-refractivity contribution in [1.29, 1.82) is 0 Å². The van der Waals surface area contributed by atoms with E-state index in [0.717, 1.165) is 17.5 Å². The normalized spacial score (nSPS) is 12.3.